The summed E-state index contributed by atoms with van der Waals surface area (Å²) in [5.41, 5.74) is -0.595. The molecule has 3 aromatic rings. The van der Waals surface area contributed by atoms with Gasteiger partial charge in [0.15, 0.2) is 0 Å². The number of piperidine rings is 1. The Labute approximate surface area is 229 Å². The van der Waals surface area contributed by atoms with Crippen LogP contribution in [0.1, 0.15) is 65.3 Å². The maximum atomic E-state index is 13.8. The number of aromatic carboxylic acids is 1. The summed E-state index contributed by atoms with van der Waals surface area (Å²) in [6.07, 6.45) is -5.30. The lowest BCUT2D eigenvalue weighted by Gasteiger charge is -2.56. The molecule has 2 aromatic heterocycles. The van der Waals surface area contributed by atoms with Gasteiger partial charge in [-0.05, 0) is 50.3 Å². The smallest absolute Gasteiger partial charge is 0.478 e. The zero-order chi connectivity index (χ0) is 29.1. The summed E-state index contributed by atoms with van der Waals surface area (Å²) in [6.45, 7) is 0.245. The van der Waals surface area contributed by atoms with Gasteiger partial charge in [-0.15, -0.1) is 13.2 Å². The van der Waals surface area contributed by atoms with E-state index in [4.69, 9.17) is 9.63 Å². The third-order valence-corrected chi connectivity index (χ3v) is 7.81. The third-order valence-electron chi connectivity index (χ3n) is 7.81. The minimum Gasteiger partial charge on any atom is -0.478 e. The number of halogens is 6. The van der Waals surface area contributed by atoms with Crippen LogP contribution in [0.3, 0.4) is 0 Å². The predicted octanol–water partition coefficient (Wildman–Crippen LogP) is 6.13. The average Bonchev–Trinajstić information content (AvgIpc) is 3.65. The molecular formula is C27H24F6N4O4. The number of ether oxygens (including phenoxy) is 1. The van der Waals surface area contributed by atoms with Gasteiger partial charge in [0.25, 0.3) is 0 Å². The number of rotatable bonds is 8. The van der Waals surface area contributed by atoms with Gasteiger partial charge < -0.3 is 24.6 Å². The van der Waals surface area contributed by atoms with E-state index in [1.54, 1.807) is 11.0 Å². The first-order valence-electron chi connectivity index (χ1n) is 13.0. The number of benzene rings is 1. The number of para-hydroxylation sites is 1. The summed E-state index contributed by atoms with van der Waals surface area (Å²) in [5, 5.41) is 16.6. The molecule has 7 rings (SSSR count). The topological polar surface area (TPSA) is 101 Å². The van der Waals surface area contributed by atoms with Crippen LogP contribution in [0.4, 0.5) is 32.2 Å². The van der Waals surface area contributed by atoms with Crippen molar-refractivity contribution in [3.8, 4) is 17.0 Å². The van der Waals surface area contributed by atoms with E-state index in [1.165, 1.54) is 18.2 Å². The minimum atomic E-state index is -4.89. The van der Waals surface area contributed by atoms with Gasteiger partial charge in [0.2, 0.25) is 0 Å². The van der Waals surface area contributed by atoms with E-state index in [-0.39, 0.29) is 47.7 Å². The van der Waals surface area contributed by atoms with Gasteiger partial charge in [0, 0.05) is 47.9 Å². The second-order valence-electron chi connectivity index (χ2n) is 10.6. The number of anilines is 1. The Morgan fingerprint density at radius 2 is 1.80 bits per heavy atom. The van der Waals surface area contributed by atoms with Crippen molar-refractivity contribution in [3.63, 3.8) is 0 Å². The Hall–Kier alpha value is -3.81. The summed E-state index contributed by atoms with van der Waals surface area (Å²) >= 11 is 0. The Morgan fingerprint density at radius 1 is 1.10 bits per heavy atom. The number of hydrogen-bond acceptors (Lipinski definition) is 7. The van der Waals surface area contributed by atoms with Crippen LogP contribution >= 0.6 is 0 Å². The molecule has 8 nitrogen and oxygen atoms in total. The molecule has 2 aliphatic carbocycles. The largest absolute Gasteiger partial charge is 0.573 e. The van der Waals surface area contributed by atoms with Gasteiger partial charge in [-0.1, -0.05) is 17.3 Å². The number of nitrogens with one attached hydrogen (secondary N) is 1. The van der Waals surface area contributed by atoms with Crippen molar-refractivity contribution < 1.29 is 45.5 Å². The number of carbonyl (C=O) groups is 1. The molecular weight excluding hydrogens is 558 g/mol. The fraction of sp³-hybridized carbons (Fsp3) is 0.444. The average molecular weight is 583 g/mol. The molecule has 41 heavy (non-hydrogen) atoms. The molecule has 218 valence electrons. The number of pyridine rings is 1. The molecule has 0 amide bonds. The highest BCUT2D eigenvalue weighted by atomic mass is 19.4. The third kappa shape index (κ3) is 5.44. The van der Waals surface area contributed by atoms with Crippen LogP contribution in [0, 0.1) is 0 Å². The standard InChI is InChI=1S/C27H24F6N4O4/c28-26(29,30)20-7-14(25(38)39)11-35-24(20)37-16-8-15(9-17(37)10-16)34-12-19-22(36-41-23(19)13-5-6-13)18-3-1-2-4-21(18)40-27(31,32)33/h1-4,7,11,13,15-17,34H,5-6,8-10,12H2,(H,38,39). The first-order valence-corrected chi connectivity index (χ1v) is 13.0. The van der Waals surface area contributed by atoms with Crippen LogP contribution in [0.15, 0.2) is 41.1 Å². The van der Waals surface area contributed by atoms with Crippen molar-refractivity contribution in [2.24, 2.45) is 0 Å². The Morgan fingerprint density at radius 3 is 2.44 bits per heavy atom. The van der Waals surface area contributed by atoms with Crippen LogP contribution in [-0.2, 0) is 12.7 Å². The lowest BCUT2D eigenvalue weighted by atomic mass is 9.76. The second kappa shape index (κ2) is 9.93. The molecule has 2 unspecified atom stereocenters. The van der Waals surface area contributed by atoms with E-state index in [0.717, 1.165) is 19.0 Å². The predicted molar refractivity (Wildman–Crippen MR) is 131 cm³/mol. The van der Waals surface area contributed by atoms with E-state index in [0.29, 0.717) is 36.7 Å². The molecule has 2 bridgehead atoms. The zero-order valence-electron chi connectivity index (χ0n) is 21.3. The van der Waals surface area contributed by atoms with Crippen LogP contribution in [0.5, 0.6) is 5.75 Å². The molecule has 2 saturated heterocycles. The minimum absolute atomic E-state index is 0.0842. The van der Waals surface area contributed by atoms with E-state index < -0.39 is 35.4 Å². The number of nitrogens with zero attached hydrogens (tertiary/aromatic N) is 3. The molecule has 2 N–H and O–H groups in total. The summed E-state index contributed by atoms with van der Waals surface area (Å²) in [4.78, 5) is 16.7. The van der Waals surface area contributed by atoms with Crippen molar-refractivity contribution in [1.29, 1.82) is 0 Å². The molecule has 1 aromatic carbocycles. The van der Waals surface area contributed by atoms with Crippen molar-refractivity contribution in [3.05, 3.63) is 59.0 Å². The second-order valence-corrected chi connectivity index (χ2v) is 10.6. The SMILES string of the molecule is O=C(O)c1cnc(N2C3CC(NCc4c(-c5ccccc5OC(F)(F)F)noc4C4CC4)CC2C3)c(C(F)(F)F)c1. The van der Waals surface area contributed by atoms with Crippen LogP contribution in [0.2, 0.25) is 0 Å². The number of carboxylic acids is 1. The number of carboxylic acid groups (broad SMARTS) is 1. The molecule has 2 atom stereocenters. The maximum Gasteiger partial charge on any atom is 0.573 e. The molecule has 4 aliphatic rings. The monoisotopic (exact) mass is 582 g/mol. The molecule has 4 heterocycles. The van der Waals surface area contributed by atoms with Crippen LogP contribution < -0.4 is 15.0 Å². The van der Waals surface area contributed by atoms with Gasteiger partial charge in [0.1, 0.15) is 23.0 Å². The Bertz CT molecular complexity index is 1460. The van der Waals surface area contributed by atoms with Gasteiger partial charge in [-0.25, -0.2) is 9.78 Å². The van der Waals surface area contributed by atoms with Gasteiger partial charge >= 0.3 is 18.5 Å². The normalized spacial score (nSPS) is 22.4. The molecule has 2 saturated carbocycles. The zero-order valence-corrected chi connectivity index (χ0v) is 21.3. The number of hydrogen-bond donors (Lipinski definition) is 2. The fourth-order valence-electron chi connectivity index (χ4n) is 5.87. The highest BCUT2D eigenvalue weighted by Gasteiger charge is 2.49. The Balaban J connectivity index is 1.20. The fourth-order valence-corrected chi connectivity index (χ4v) is 5.87. The van der Waals surface area contributed by atoms with E-state index in [2.05, 4.69) is 20.2 Å². The van der Waals surface area contributed by atoms with Crippen molar-refractivity contribution in [1.82, 2.24) is 15.5 Å². The quantitative estimate of drug-likeness (QED) is 0.306. The van der Waals surface area contributed by atoms with Gasteiger partial charge in [-0.2, -0.15) is 13.2 Å². The summed E-state index contributed by atoms with van der Waals surface area (Å²) < 4.78 is 90.3. The Kier molecular flexibility index (Phi) is 6.63. The molecule has 0 radical (unpaired) electrons. The van der Waals surface area contributed by atoms with Crippen molar-refractivity contribution in [2.75, 3.05) is 4.90 Å². The first-order chi connectivity index (χ1) is 19.4. The maximum absolute atomic E-state index is 13.8. The lowest BCUT2D eigenvalue weighted by molar-refractivity contribution is -0.274. The van der Waals surface area contributed by atoms with Gasteiger partial charge in [-0.3, -0.25) is 0 Å². The molecule has 14 heteroatoms. The number of fused-ring (bicyclic) bond motifs is 2. The molecule has 0 spiro atoms. The molecule has 2 aliphatic heterocycles. The lowest BCUT2D eigenvalue weighted by Crippen LogP contribution is -2.64. The van der Waals surface area contributed by atoms with E-state index >= 15 is 0 Å². The van der Waals surface area contributed by atoms with E-state index in [9.17, 15) is 31.1 Å². The van der Waals surface area contributed by atoms with Gasteiger partial charge in [0.05, 0.1) is 11.1 Å². The van der Waals surface area contributed by atoms with E-state index in [1.807, 2.05) is 0 Å². The number of aromatic nitrogens is 2. The highest BCUT2D eigenvalue weighted by Crippen LogP contribution is 2.47. The summed E-state index contributed by atoms with van der Waals surface area (Å²) in [5.74, 6) is -1.43. The van der Waals surface area contributed by atoms with Crippen LogP contribution in [-0.4, -0.2) is 45.7 Å². The van der Waals surface area contributed by atoms with Crippen LogP contribution in [0.25, 0.3) is 11.3 Å². The summed E-state index contributed by atoms with van der Waals surface area (Å²) in [6, 6.07) is 5.76. The first kappa shape index (κ1) is 27.4. The summed E-state index contributed by atoms with van der Waals surface area (Å²) in [7, 11) is 0. The highest BCUT2D eigenvalue weighted by molar-refractivity contribution is 5.88. The van der Waals surface area contributed by atoms with Crippen molar-refractivity contribution in [2.45, 2.75) is 75.2 Å². The van der Waals surface area contributed by atoms with Crippen molar-refractivity contribution >= 4 is 11.8 Å². The number of alkyl halides is 6. The molecule has 4 fully saturated rings.